The van der Waals surface area contributed by atoms with E-state index >= 15 is 0 Å². The lowest BCUT2D eigenvalue weighted by Gasteiger charge is -2.39. The van der Waals surface area contributed by atoms with E-state index in [-0.39, 0.29) is 17.4 Å². The maximum atomic E-state index is 12.4. The van der Waals surface area contributed by atoms with Gasteiger partial charge in [0.25, 0.3) is 5.91 Å². The van der Waals surface area contributed by atoms with Crippen molar-refractivity contribution in [1.29, 1.82) is 0 Å². The highest BCUT2D eigenvalue weighted by Gasteiger charge is 2.33. The molecule has 1 fully saturated rings. The van der Waals surface area contributed by atoms with Gasteiger partial charge in [-0.05, 0) is 42.6 Å². The Kier molecular flexibility index (Phi) is 4.37. The third kappa shape index (κ3) is 3.54. The second-order valence-electron chi connectivity index (χ2n) is 6.50. The number of piperidine rings is 1. The lowest BCUT2D eigenvalue weighted by atomic mass is 9.80. The minimum absolute atomic E-state index is 0.0140. The predicted octanol–water partition coefficient (Wildman–Crippen LogP) is 2.04. The summed E-state index contributed by atoms with van der Waals surface area (Å²) < 4.78 is 1.57. The fraction of sp³-hybridized carbons (Fsp3) is 0.438. The topological polar surface area (TPSA) is 71.8 Å². The molecule has 0 bridgehead atoms. The van der Waals surface area contributed by atoms with E-state index in [1.54, 1.807) is 23.0 Å². The van der Waals surface area contributed by atoms with Crippen LogP contribution in [-0.2, 0) is 0 Å². The fourth-order valence-electron chi connectivity index (χ4n) is 2.76. The zero-order valence-corrected chi connectivity index (χ0v) is 14.0. The molecule has 1 atom stereocenters. The first-order valence-electron chi connectivity index (χ1n) is 7.65. The molecule has 1 aromatic carbocycles. The molecule has 3 rings (SSSR count). The zero-order valence-electron chi connectivity index (χ0n) is 13.2. The Labute approximate surface area is 140 Å². The van der Waals surface area contributed by atoms with Crippen LogP contribution in [-0.4, -0.2) is 40.0 Å². The minimum Gasteiger partial charge on any atom is -0.347 e. The van der Waals surface area contributed by atoms with Gasteiger partial charge < -0.3 is 10.6 Å². The SMILES string of the molecule is CC1(C)CNCCC1NC(=O)c1cn(-c2ccc(Cl)cc2)nn1. The smallest absolute Gasteiger partial charge is 0.273 e. The second kappa shape index (κ2) is 6.29. The van der Waals surface area contributed by atoms with Crippen LogP contribution in [0.3, 0.4) is 0 Å². The van der Waals surface area contributed by atoms with Crippen molar-refractivity contribution in [1.82, 2.24) is 25.6 Å². The summed E-state index contributed by atoms with van der Waals surface area (Å²) in [7, 11) is 0. The van der Waals surface area contributed by atoms with Crippen LogP contribution in [0.15, 0.2) is 30.5 Å². The first-order valence-corrected chi connectivity index (χ1v) is 8.03. The van der Waals surface area contributed by atoms with Crippen LogP contribution in [0.5, 0.6) is 0 Å². The quantitative estimate of drug-likeness (QED) is 0.901. The van der Waals surface area contributed by atoms with Gasteiger partial charge in [-0.1, -0.05) is 30.7 Å². The lowest BCUT2D eigenvalue weighted by Crippen LogP contribution is -2.54. The van der Waals surface area contributed by atoms with E-state index in [4.69, 9.17) is 11.6 Å². The largest absolute Gasteiger partial charge is 0.347 e. The number of carbonyl (C=O) groups is 1. The van der Waals surface area contributed by atoms with Gasteiger partial charge in [0.15, 0.2) is 5.69 Å². The van der Waals surface area contributed by atoms with Crippen molar-refractivity contribution in [2.24, 2.45) is 5.41 Å². The van der Waals surface area contributed by atoms with Gasteiger partial charge in [-0.15, -0.1) is 5.10 Å². The van der Waals surface area contributed by atoms with E-state index < -0.39 is 0 Å². The number of hydrogen-bond donors (Lipinski definition) is 2. The molecule has 2 N–H and O–H groups in total. The Balaban J connectivity index is 1.72. The van der Waals surface area contributed by atoms with Gasteiger partial charge in [0.1, 0.15) is 0 Å². The first kappa shape index (κ1) is 16.0. The third-order valence-corrected chi connectivity index (χ3v) is 4.51. The predicted molar refractivity (Wildman–Crippen MR) is 88.9 cm³/mol. The number of halogens is 1. The van der Waals surface area contributed by atoms with Crippen molar-refractivity contribution >= 4 is 17.5 Å². The lowest BCUT2D eigenvalue weighted by molar-refractivity contribution is 0.0863. The van der Waals surface area contributed by atoms with E-state index in [0.29, 0.717) is 10.7 Å². The van der Waals surface area contributed by atoms with E-state index in [1.165, 1.54) is 0 Å². The molecule has 0 spiro atoms. The molecule has 6 nitrogen and oxygen atoms in total. The molecule has 1 saturated heterocycles. The van der Waals surface area contributed by atoms with Gasteiger partial charge in [-0.25, -0.2) is 4.68 Å². The summed E-state index contributed by atoms with van der Waals surface area (Å²) in [6.07, 6.45) is 2.54. The third-order valence-electron chi connectivity index (χ3n) is 4.26. The van der Waals surface area contributed by atoms with Crippen molar-refractivity contribution in [3.05, 3.63) is 41.2 Å². The van der Waals surface area contributed by atoms with Crippen LogP contribution in [0.25, 0.3) is 5.69 Å². The van der Waals surface area contributed by atoms with E-state index in [0.717, 1.165) is 25.2 Å². The molecular weight excluding hydrogens is 314 g/mol. The number of aromatic nitrogens is 3. The Hall–Kier alpha value is -1.92. The number of carbonyl (C=O) groups excluding carboxylic acids is 1. The van der Waals surface area contributed by atoms with Gasteiger partial charge in [0, 0.05) is 17.6 Å². The van der Waals surface area contributed by atoms with Crippen LogP contribution in [0.4, 0.5) is 0 Å². The molecule has 1 aliphatic heterocycles. The van der Waals surface area contributed by atoms with E-state index in [2.05, 4.69) is 34.8 Å². The Morgan fingerprint density at radius 2 is 2.13 bits per heavy atom. The number of amides is 1. The Bertz CT molecular complexity index is 695. The second-order valence-corrected chi connectivity index (χ2v) is 6.94. The van der Waals surface area contributed by atoms with Crippen LogP contribution in [0.1, 0.15) is 30.8 Å². The number of benzene rings is 1. The van der Waals surface area contributed by atoms with Crippen molar-refractivity contribution < 1.29 is 4.79 Å². The summed E-state index contributed by atoms with van der Waals surface area (Å²) in [4.78, 5) is 12.4. The van der Waals surface area contributed by atoms with Gasteiger partial charge in [0.05, 0.1) is 11.9 Å². The van der Waals surface area contributed by atoms with Crippen LogP contribution < -0.4 is 10.6 Å². The van der Waals surface area contributed by atoms with Gasteiger partial charge in [-0.2, -0.15) is 0 Å². The van der Waals surface area contributed by atoms with Crippen molar-refractivity contribution in [3.63, 3.8) is 0 Å². The van der Waals surface area contributed by atoms with E-state index in [1.807, 2.05) is 12.1 Å². The molecule has 0 radical (unpaired) electrons. The number of hydrogen-bond acceptors (Lipinski definition) is 4. The number of rotatable bonds is 3. The Morgan fingerprint density at radius 1 is 1.39 bits per heavy atom. The molecule has 23 heavy (non-hydrogen) atoms. The summed E-state index contributed by atoms with van der Waals surface area (Å²) in [6, 6.07) is 7.33. The van der Waals surface area contributed by atoms with Gasteiger partial charge in [-0.3, -0.25) is 4.79 Å². The van der Waals surface area contributed by atoms with Crippen molar-refractivity contribution in [2.75, 3.05) is 13.1 Å². The average molecular weight is 334 g/mol. The molecule has 122 valence electrons. The summed E-state index contributed by atoms with van der Waals surface area (Å²) in [5.74, 6) is -0.190. The number of nitrogens with zero attached hydrogens (tertiary/aromatic N) is 3. The van der Waals surface area contributed by atoms with Crippen LogP contribution in [0.2, 0.25) is 5.02 Å². The molecular formula is C16H20ClN5O. The molecule has 0 saturated carbocycles. The highest BCUT2D eigenvalue weighted by atomic mass is 35.5. The molecule has 7 heteroatoms. The fourth-order valence-corrected chi connectivity index (χ4v) is 2.88. The van der Waals surface area contributed by atoms with Crippen molar-refractivity contribution in [3.8, 4) is 5.69 Å². The highest BCUT2D eigenvalue weighted by molar-refractivity contribution is 6.30. The monoisotopic (exact) mass is 333 g/mol. The maximum Gasteiger partial charge on any atom is 0.273 e. The minimum atomic E-state index is -0.190. The van der Waals surface area contributed by atoms with Crippen molar-refractivity contribution in [2.45, 2.75) is 26.3 Å². The van der Waals surface area contributed by atoms with Crippen LogP contribution in [0, 0.1) is 5.41 Å². The summed E-state index contributed by atoms with van der Waals surface area (Å²) in [6.45, 7) is 6.09. The first-order chi connectivity index (χ1) is 11.0. The molecule has 0 aliphatic carbocycles. The average Bonchev–Trinajstić information content (AvgIpc) is 3.00. The molecule has 2 heterocycles. The molecule has 1 aliphatic rings. The van der Waals surface area contributed by atoms with Gasteiger partial charge in [0.2, 0.25) is 0 Å². The molecule has 1 amide bonds. The zero-order chi connectivity index (χ0) is 16.4. The summed E-state index contributed by atoms with van der Waals surface area (Å²) in [5.41, 5.74) is 1.14. The van der Waals surface area contributed by atoms with E-state index in [9.17, 15) is 4.79 Å². The highest BCUT2D eigenvalue weighted by Crippen LogP contribution is 2.25. The normalized spacial score (nSPS) is 20.2. The van der Waals surface area contributed by atoms with Gasteiger partial charge >= 0.3 is 0 Å². The summed E-state index contributed by atoms with van der Waals surface area (Å²) >= 11 is 5.88. The Morgan fingerprint density at radius 3 is 2.83 bits per heavy atom. The van der Waals surface area contributed by atoms with Crippen LogP contribution >= 0.6 is 11.6 Å². The maximum absolute atomic E-state index is 12.4. The molecule has 1 aromatic heterocycles. The number of nitrogens with one attached hydrogen (secondary N) is 2. The standard InChI is InChI=1S/C16H20ClN5O/c1-16(2)10-18-8-7-14(16)19-15(23)13-9-22(21-20-13)12-5-3-11(17)4-6-12/h3-6,9,14,18H,7-8,10H2,1-2H3,(H,19,23). The molecule has 1 unspecified atom stereocenters. The summed E-state index contributed by atoms with van der Waals surface area (Å²) in [5, 5.41) is 15.1. The molecule has 2 aromatic rings.